The number of fused-ring (bicyclic) bond motifs is 1. The lowest BCUT2D eigenvalue weighted by molar-refractivity contribution is -0.0333. The van der Waals surface area contributed by atoms with Crippen LogP contribution >= 0.6 is 0 Å². The van der Waals surface area contributed by atoms with Crippen LogP contribution in [0.25, 0.3) is 22.3 Å². The Morgan fingerprint density at radius 3 is 2.62 bits per heavy atom. The van der Waals surface area contributed by atoms with Gasteiger partial charge in [0.2, 0.25) is 5.95 Å². The van der Waals surface area contributed by atoms with Crippen LogP contribution in [0.15, 0.2) is 60.8 Å². The number of anilines is 1. The minimum absolute atomic E-state index is 0.147. The van der Waals surface area contributed by atoms with Crippen LogP contribution in [-0.4, -0.2) is 70.0 Å². The Bertz CT molecular complexity index is 1500. The summed E-state index contributed by atoms with van der Waals surface area (Å²) in [7, 11) is 3.38. The highest BCUT2D eigenvalue weighted by molar-refractivity contribution is 6.04. The molecule has 40 heavy (non-hydrogen) atoms. The standard InChI is InChI=1S/C31H35N5O4/c1-39-24-18-35(19-24)17-20-7-12-28-27(15-20)33-31(36(28)22-8-10-23(37)11-9-22)34-30(38)21-13-14-32-26(16-21)25-5-3-4-6-29(25)40-2/h3-7,12-16,22-24,37H,8-11,17-19H2,1-2H3,(H,33,34,38). The van der Waals surface area contributed by atoms with Crippen molar-refractivity contribution in [1.29, 1.82) is 0 Å². The third-order valence-electron chi connectivity index (χ3n) is 8.08. The van der Waals surface area contributed by atoms with Gasteiger partial charge in [0, 0.05) is 50.1 Å². The van der Waals surface area contributed by atoms with Crippen LogP contribution in [0.2, 0.25) is 0 Å². The highest BCUT2D eigenvalue weighted by Crippen LogP contribution is 2.35. The molecule has 1 saturated heterocycles. The fourth-order valence-corrected chi connectivity index (χ4v) is 5.82. The van der Waals surface area contributed by atoms with Gasteiger partial charge in [0.15, 0.2) is 0 Å². The van der Waals surface area contributed by atoms with Crippen molar-refractivity contribution in [3.8, 4) is 17.0 Å². The fraction of sp³-hybridized carbons (Fsp3) is 0.387. The summed E-state index contributed by atoms with van der Waals surface area (Å²) in [5.41, 5.74) is 4.99. The van der Waals surface area contributed by atoms with Crippen LogP contribution in [0.1, 0.15) is 47.6 Å². The molecule has 1 saturated carbocycles. The first-order chi connectivity index (χ1) is 19.5. The van der Waals surface area contributed by atoms with E-state index in [1.54, 1.807) is 32.5 Å². The largest absolute Gasteiger partial charge is 0.496 e. The Morgan fingerprint density at radius 1 is 1.05 bits per heavy atom. The van der Waals surface area contributed by atoms with Gasteiger partial charge in [-0.2, -0.15) is 0 Å². The lowest BCUT2D eigenvalue weighted by Gasteiger charge is -2.38. The van der Waals surface area contributed by atoms with Crippen molar-refractivity contribution in [3.63, 3.8) is 0 Å². The fourth-order valence-electron chi connectivity index (χ4n) is 5.82. The molecule has 6 rings (SSSR count). The number of aliphatic hydroxyl groups excluding tert-OH is 1. The topological polar surface area (TPSA) is 102 Å². The van der Waals surface area contributed by atoms with Gasteiger partial charge in [-0.05, 0) is 67.6 Å². The monoisotopic (exact) mass is 541 g/mol. The molecule has 2 aromatic carbocycles. The van der Waals surface area contributed by atoms with Crippen molar-refractivity contribution in [2.24, 2.45) is 0 Å². The van der Waals surface area contributed by atoms with Crippen LogP contribution < -0.4 is 10.1 Å². The number of aromatic nitrogens is 3. The highest BCUT2D eigenvalue weighted by Gasteiger charge is 2.28. The van der Waals surface area contributed by atoms with Crippen LogP contribution in [0.4, 0.5) is 5.95 Å². The summed E-state index contributed by atoms with van der Waals surface area (Å²) >= 11 is 0. The van der Waals surface area contributed by atoms with Gasteiger partial charge in [-0.3, -0.25) is 20.0 Å². The van der Waals surface area contributed by atoms with Crippen molar-refractivity contribution >= 4 is 22.9 Å². The minimum Gasteiger partial charge on any atom is -0.496 e. The molecule has 2 aromatic heterocycles. The smallest absolute Gasteiger partial charge is 0.258 e. The summed E-state index contributed by atoms with van der Waals surface area (Å²) < 4.78 is 13.1. The third kappa shape index (κ3) is 5.32. The zero-order chi connectivity index (χ0) is 27.6. The summed E-state index contributed by atoms with van der Waals surface area (Å²) in [5.74, 6) is 0.968. The van der Waals surface area contributed by atoms with Gasteiger partial charge in [-0.1, -0.05) is 18.2 Å². The first-order valence-electron chi connectivity index (χ1n) is 13.9. The maximum absolute atomic E-state index is 13.6. The first-order valence-corrected chi connectivity index (χ1v) is 13.9. The van der Waals surface area contributed by atoms with Crippen molar-refractivity contribution in [2.45, 2.75) is 50.5 Å². The van der Waals surface area contributed by atoms with Gasteiger partial charge in [0.05, 0.1) is 36.0 Å². The number of nitrogens with one attached hydrogen (secondary N) is 1. The molecular formula is C31H35N5O4. The molecule has 1 aliphatic heterocycles. The van der Waals surface area contributed by atoms with E-state index < -0.39 is 0 Å². The number of likely N-dealkylation sites (tertiary alicyclic amines) is 1. The predicted octanol–water partition coefficient (Wildman–Crippen LogP) is 4.67. The Kier molecular flexibility index (Phi) is 7.51. The number of para-hydroxylation sites is 1. The number of benzene rings is 2. The third-order valence-corrected chi connectivity index (χ3v) is 8.08. The number of hydrogen-bond donors (Lipinski definition) is 2. The van der Waals surface area contributed by atoms with Gasteiger partial charge >= 0.3 is 0 Å². The molecule has 2 aliphatic rings. The Balaban J connectivity index is 1.30. The van der Waals surface area contributed by atoms with E-state index in [-0.39, 0.29) is 18.1 Å². The quantitative estimate of drug-likeness (QED) is 0.334. The summed E-state index contributed by atoms with van der Waals surface area (Å²) in [6.07, 6.45) is 4.80. The Hall–Kier alpha value is -3.79. The van der Waals surface area contributed by atoms with Gasteiger partial charge in [-0.15, -0.1) is 0 Å². The molecule has 208 valence electrons. The van der Waals surface area contributed by atoms with Crippen LogP contribution in [0, 0.1) is 0 Å². The number of rotatable bonds is 8. The zero-order valence-corrected chi connectivity index (χ0v) is 22.9. The van der Waals surface area contributed by atoms with Gasteiger partial charge in [-0.25, -0.2) is 4.98 Å². The lowest BCUT2D eigenvalue weighted by Crippen LogP contribution is -2.50. The van der Waals surface area contributed by atoms with E-state index in [1.807, 2.05) is 24.3 Å². The molecule has 0 atom stereocenters. The van der Waals surface area contributed by atoms with Crippen molar-refractivity contribution in [3.05, 3.63) is 71.9 Å². The van der Waals surface area contributed by atoms with Crippen molar-refractivity contribution < 1.29 is 19.4 Å². The maximum atomic E-state index is 13.6. The SMILES string of the molecule is COc1ccccc1-c1cc(C(=O)Nc2nc3cc(CN4CC(OC)C4)ccc3n2C2CCC(O)CC2)ccn1. The molecule has 3 heterocycles. The van der Waals surface area contributed by atoms with E-state index in [2.05, 4.69) is 38.0 Å². The van der Waals surface area contributed by atoms with Crippen LogP contribution in [0.5, 0.6) is 5.75 Å². The van der Waals surface area contributed by atoms with Crippen LogP contribution in [0.3, 0.4) is 0 Å². The number of ether oxygens (including phenoxy) is 2. The van der Waals surface area contributed by atoms with E-state index in [1.165, 1.54) is 5.56 Å². The van der Waals surface area contributed by atoms with Crippen LogP contribution in [-0.2, 0) is 11.3 Å². The molecule has 0 unspecified atom stereocenters. The molecule has 2 fully saturated rings. The number of carbonyl (C=O) groups excluding carboxylic acids is 1. The van der Waals surface area contributed by atoms with Gasteiger partial charge < -0.3 is 19.1 Å². The predicted molar refractivity (Wildman–Crippen MR) is 153 cm³/mol. The second-order valence-corrected chi connectivity index (χ2v) is 10.7. The second-order valence-electron chi connectivity index (χ2n) is 10.7. The molecule has 4 aromatic rings. The molecule has 9 nitrogen and oxygen atoms in total. The number of aliphatic hydroxyl groups is 1. The number of hydrogen-bond acceptors (Lipinski definition) is 7. The zero-order valence-electron chi connectivity index (χ0n) is 22.9. The molecule has 2 N–H and O–H groups in total. The first kappa shape index (κ1) is 26.4. The molecule has 0 radical (unpaired) electrons. The summed E-state index contributed by atoms with van der Waals surface area (Å²) in [6.45, 7) is 2.69. The number of methoxy groups -OCH3 is 2. The number of carbonyl (C=O) groups is 1. The Labute approximate surface area is 233 Å². The minimum atomic E-state index is -0.270. The van der Waals surface area contributed by atoms with Gasteiger partial charge in [0.1, 0.15) is 5.75 Å². The number of nitrogens with zero attached hydrogens (tertiary/aromatic N) is 4. The molecule has 0 bridgehead atoms. The number of amides is 1. The van der Waals surface area contributed by atoms with E-state index in [9.17, 15) is 9.90 Å². The summed E-state index contributed by atoms with van der Waals surface area (Å²) in [6, 6.07) is 17.6. The van der Waals surface area contributed by atoms with E-state index in [0.29, 0.717) is 29.1 Å². The van der Waals surface area contributed by atoms with E-state index in [0.717, 1.165) is 61.9 Å². The highest BCUT2D eigenvalue weighted by atomic mass is 16.5. The molecule has 1 amide bonds. The number of imidazole rings is 1. The average molecular weight is 542 g/mol. The molecule has 9 heteroatoms. The molecule has 0 spiro atoms. The van der Waals surface area contributed by atoms with Gasteiger partial charge in [0.25, 0.3) is 5.91 Å². The van der Waals surface area contributed by atoms with E-state index in [4.69, 9.17) is 14.5 Å². The maximum Gasteiger partial charge on any atom is 0.258 e. The van der Waals surface area contributed by atoms with E-state index >= 15 is 0 Å². The number of pyridine rings is 1. The molecule has 1 aliphatic carbocycles. The second kappa shape index (κ2) is 11.4. The Morgan fingerprint density at radius 2 is 1.85 bits per heavy atom. The van der Waals surface area contributed by atoms with Crippen molar-refractivity contribution in [2.75, 3.05) is 32.6 Å². The summed E-state index contributed by atoms with van der Waals surface area (Å²) in [5, 5.41) is 13.2. The van der Waals surface area contributed by atoms with Crippen molar-refractivity contribution in [1.82, 2.24) is 19.4 Å². The summed E-state index contributed by atoms with van der Waals surface area (Å²) in [4.78, 5) is 25.3. The lowest BCUT2D eigenvalue weighted by atomic mass is 9.93. The normalized spacial score (nSPS) is 19.9. The molecular weight excluding hydrogens is 506 g/mol. The average Bonchev–Trinajstić information content (AvgIpc) is 3.32.